The third kappa shape index (κ3) is 3.72. The molecule has 1 atom stereocenters. The number of methoxy groups -OCH3 is 1. The summed E-state index contributed by atoms with van der Waals surface area (Å²) in [4.78, 5) is 25.2. The Morgan fingerprint density at radius 2 is 1.82 bits per heavy atom. The normalized spacial score (nSPS) is 18.6. The Balaban J connectivity index is 2.01. The molecule has 2 aromatic rings. The summed E-state index contributed by atoms with van der Waals surface area (Å²) in [7, 11) is 1.52. The fourth-order valence-corrected chi connectivity index (χ4v) is 3.01. The number of amides is 1. The molecule has 0 fully saturated rings. The highest BCUT2D eigenvalue weighted by molar-refractivity contribution is 6.37. The number of halogens is 1. The summed E-state index contributed by atoms with van der Waals surface area (Å²) >= 11 is 5.93. The molecule has 1 N–H and O–H groups in total. The van der Waals surface area contributed by atoms with Crippen molar-refractivity contribution in [3.63, 3.8) is 0 Å². The van der Waals surface area contributed by atoms with Crippen molar-refractivity contribution in [2.45, 2.75) is 19.1 Å². The molecular weight excluding hydrogens is 384 g/mol. The molecule has 28 heavy (non-hydrogen) atoms. The van der Waals surface area contributed by atoms with E-state index in [0.717, 1.165) is 5.01 Å². The van der Waals surface area contributed by atoms with Gasteiger partial charge < -0.3 is 14.6 Å². The van der Waals surface area contributed by atoms with Crippen LogP contribution >= 0.6 is 11.6 Å². The summed E-state index contributed by atoms with van der Waals surface area (Å²) in [5.74, 6) is -0.666. The van der Waals surface area contributed by atoms with E-state index >= 15 is 0 Å². The number of hydrogen-bond acceptors (Lipinski definition) is 6. The second-order valence-corrected chi connectivity index (χ2v) is 6.55. The molecule has 0 aromatic heterocycles. The topological polar surface area (TPSA) is 88.4 Å². The number of rotatable bonds is 5. The van der Waals surface area contributed by atoms with Crippen molar-refractivity contribution < 1.29 is 24.2 Å². The molecule has 8 heteroatoms. The lowest BCUT2D eigenvalue weighted by Crippen LogP contribution is -2.43. The van der Waals surface area contributed by atoms with Crippen molar-refractivity contribution in [3.05, 3.63) is 64.7 Å². The summed E-state index contributed by atoms with van der Waals surface area (Å²) in [6.07, 6.45) is -0.199. The lowest BCUT2D eigenvalue weighted by atomic mass is 9.96. The molecule has 0 unspecified atom stereocenters. The minimum absolute atomic E-state index is 0.0406. The number of hydrazone groups is 1. The van der Waals surface area contributed by atoms with Gasteiger partial charge in [-0.05, 0) is 43.3 Å². The molecule has 1 aliphatic heterocycles. The standard InChI is InChI=1S/C20H19ClN2O5/c1-3-28-19(25)17-12-20(26,14-6-8-15(21)9-7-14)23(22-17)18(24)13-4-10-16(27-2)11-5-13/h4-11,26H,3,12H2,1-2H3/t20-/m0/s1. The van der Waals surface area contributed by atoms with Crippen LogP contribution < -0.4 is 4.74 Å². The first-order valence-electron chi connectivity index (χ1n) is 8.60. The number of benzene rings is 2. The third-order valence-electron chi connectivity index (χ3n) is 4.33. The molecule has 2 aromatic carbocycles. The van der Waals surface area contributed by atoms with Gasteiger partial charge in [0.1, 0.15) is 5.75 Å². The predicted molar refractivity (Wildman–Crippen MR) is 103 cm³/mol. The van der Waals surface area contributed by atoms with Gasteiger partial charge >= 0.3 is 5.97 Å². The first-order chi connectivity index (χ1) is 13.4. The largest absolute Gasteiger partial charge is 0.497 e. The summed E-state index contributed by atoms with van der Waals surface area (Å²) < 4.78 is 10.1. The quantitative estimate of drug-likeness (QED) is 0.777. The number of ether oxygens (including phenoxy) is 2. The van der Waals surface area contributed by atoms with Crippen LogP contribution in [0.3, 0.4) is 0 Å². The van der Waals surface area contributed by atoms with Gasteiger partial charge in [0.2, 0.25) is 0 Å². The molecule has 1 amide bonds. The molecule has 146 valence electrons. The lowest BCUT2D eigenvalue weighted by molar-refractivity contribution is -0.135. The van der Waals surface area contributed by atoms with E-state index in [1.807, 2.05) is 0 Å². The van der Waals surface area contributed by atoms with Crippen LogP contribution in [0.5, 0.6) is 5.75 Å². The fourth-order valence-electron chi connectivity index (χ4n) is 2.88. The van der Waals surface area contributed by atoms with Crippen LogP contribution in [0.4, 0.5) is 0 Å². The van der Waals surface area contributed by atoms with E-state index in [1.165, 1.54) is 7.11 Å². The second kappa shape index (κ2) is 8.00. The number of carbonyl (C=O) groups is 2. The maximum absolute atomic E-state index is 13.1. The van der Waals surface area contributed by atoms with E-state index in [2.05, 4.69) is 5.10 Å². The van der Waals surface area contributed by atoms with E-state index in [9.17, 15) is 14.7 Å². The van der Waals surface area contributed by atoms with Gasteiger partial charge in [-0.1, -0.05) is 23.7 Å². The van der Waals surface area contributed by atoms with Crippen LogP contribution in [0, 0.1) is 0 Å². The van der Waals surface area contributed by atoms with Crippen LogP contribution in [0.2, 0.25) is 5.02 Å². The van der Waals surface area contributed by atoms with Crippen molar-refractivity contribution >= 4 is 29.2 Å². The smallest absolute Gasteiger partial charge is 0.354 e. The second-order valence-electron chi connectivity index (χ2n) is 6.11. The molecule has 3 rings (SSSR count). The van der Waals surface area contributed by atoms with Gasteiger partial charge in [-0.25, -0.2) is 4.79 Å². The Hall–Kier alpha value is -2.90. The van der Waals surface area contributed by atoms with E-state index in [0.29, 0.717) is 16.3 Å². The molecule has 1 heterocycles. The Labute approximate surface area is 167 Å². The first kappa shape index (κ1) is 19.9. The van der Waals surface area contributed by atoms with Crippen LogP contribution in [0.15, 0.2) is 53.6 Å². The predicted octanol–water partition coefficient (Wildman–Crippen LogP) is 2.96. The van der Waals surface area contributed by atoms with Crippen molar-refractivity contribution in [2.24, 2.45) is 5.10 Å². The number of hydrogen-bond donors (Lipinski definition) is 1. The molecule has 0 radical (unpaired) electrons. The molecule has 0 saturated heterocycles. The molecule has 1 aliphatic rings. The average Bonchev–Trinajstić information content (AvgIpc) is 3.07. The zero-order chi connectivity index (χ0) is 20.3. The Morgan fingerprint density at radius 1 is 1.18 bits per heavy atom. The van der Waals surface area contributed by atoms with E-state index in [4.69, 9.17) is 21.1 Å². The van der Waals surface area contributed by atoms with Gasteiger partial charge in [0.05, 0.1) is 20.1 Å². The van der Waals surface area contributed by atoms with Gasteiger partial charge in [0.15, 0.2) is 11.4 Å². The lowest BCUT2D eigenvalue weighted by Gasteiger charge is -2.31. The van der Waals surface area contributed by atoms with Crippen molar-refractivity contribution in [3.8, 4) is 5.75 Å². The van der Waals surface area contributed by atoms with E-state index in [-0.39, 0.29) is 24.3 Å². The van der Waals surface area contributed by atoms with Gasteiger partial charge in [-0.3, -0.25) is 4.79 Å². The van der Waals surface area contributed by atoms with Crippen LogP contribution in [0.1, 0.15) is 29.3 Å². The summed E-state index contributed by atoms with van der Waals surface area (Å²) in [5, 5.41) is 16.8. The minimum Gasteiger partial charge on any atom is -0.497 e. The fraction of sp³-hybridized carbons (Fsp3) is 0.250. The third-order valence-corrected chi connectivity index (χ3v) is 4.58. The van der Waals surface area contributed by atoms with Crippen molar-refractivity contribution in [2.75, 3.05) is 13.7 Å². The van der Waals surface area contributed by atoms with E-state index in [1.54, 1.807) is 55.5 Å². The van der Waals surface area contributed by atoms with Gasteiger partial charge in [0.25, 0.3) is 5.91 Å². The zero-order valence-corrected chi connectivity index (χ0v) is 16.1. The molecule has 0 bridgehead atoms. The summed E-state index contributed by atoms with van der Waals surface area (Å²) in [6.45, 7) is 1.82. The Kier molecular flexibility index (Phi) is 5.67. The maximum atomic E-state index is 13.1. The summed E-state index contributed by atoms with van der Waals surface area (Å²) in [6, 6.07) is 12.7. The average molecular weight is 403 g/mol. The van der Waals surface area contributed by atoms with Gasteiger partial charge in [0, 0.05) is 16.1 Å². The van der Waals surface area contributed by atoms with Crippen LogP contribution in [0.25, 0.3) is 0 Å². The SMILES string of the molecule is CCOC(=O)C1=NN(C(=O)c2ccc(OC)cc2)[C@@](O)(c2ccc(Cl)cc2)C1. The van der Waals surface area contributed by atoms with Crippen molar-refractivity contribution in [1.82, 2.24) is 5.01 Å². The highest BCUT2D eigenvalue weighted by atomic mass is 35.5. The summed E-state index contributed by atoms with van der Waals surface area (Å²) in [5.41, 5.74) is -1.23. The van der Waals surface area contributed by atoms with E-state index < -0.39 is 17.6 Å². The molecule has 7 nitrogen and oxygen atoms in total. The maximum Gasteiger partial charge on any atom is 0.354 e. The number of aliphatic hydroxyl groups is 1. The highest BCUT2D eigenvalue weighted by Gasteiger charge is 2.48. The first-order valence-corrected chi connectivity index (χ1v) is 8.98. The number of carbonyl (C=O) groups excluding carboxylic acids is 2. The molecule has 0 saturated carbocycles. The highest BCUT2D eigenvalue weighted by Crippen LogP contribution is 2.37. The molecule has 0 spiro atoms. The van der Waals surface area contributed by atoms with Crippen LogP contribution in [-0.4, -0.2) is 41.4 Å². The Bertz CT molecular complexity index is 911. The molecule has 0 aliphatic carbocycles. The zero-order valence-electron chi connectivity index (χ0n) is 15.4. The number of nitrogens with zero attached hydrogens (tertiary/aromatic N) is 2. The molecular formula is C20H19ClN2O5. The van der Waals surface area contributed by atoms with Crippen molar-refractivity contribution in [1.29, 1.82) is 0 Å². The van der Waals surface area contributed by atoms with Gasteiger partial charge in [-0.15, -0.1) is 0 Å². The van der Waals surface area contributed by atoms with Gasteiger partial charge in [-0.2, -0.15) is 10.1 Å². The minimum atomic E-state index is -1.84. The number of esters is 1. The Morgan fingerprint density at radius 3 is 2.39 bits per heavy atom. The monoisotopic (exact) mass is 402 g/mol. The van der Waals surface area contributed by atoms with Crippen LogP contribution in [-0.2, 0) is 15.3 Å².